The maximum absolute atomic E-state index is 11.3. The molecule has 4 rings (SSSR count). The highest BCUT2D eigenvalue weighted by Gasteiger charge is 2.16. The van der Waals surface area contributed by atoms with Crippen molar-refractivity contribution in [2.75, 3.05) is 17.2 Å². The minimum absolute atomic E-state index is 0.216. The van der Waals surface area contributed by atoms with E-state index in [0.717, 1.165) is 17.9 Å². The number of pyridine rings is 1. The lowest BCUT2D eigenvalue weighted by Crippen LogP contribution is -2.18. The van der Waals surface area contributed by atoms with Crippen LogP contribution in [-0.4, -0.2) is 37.1 Å². The highest BCUT2D eigenvalue weighted by Crippen LogP contribution is 2.28. The lowest BCUT2D eigenvalue weighted by molar-refractivity contribution is 0.0697. The van der Waals surface area contributed by atoms with Crippen molar-refractivity contribution in [3.8, 4) is 11.8 Å². The van der Waals surface area contributed by atoms with E-state index < -0.39 is 5.97 Å². The van der Waals surface area contributed by atoms with Gasteiger partial charge >= 0.3 is 5.97 Å². The average Bonchev–Trinajstić information content (AvgIpc) is 3.29. The molecular formula is C22H23N7O2. The van der Waals surface area contributed by atoms with E-state index in [9.17, 15) is 9.90 Å². The van der Waals surface area contributed by atoms with Gasteiger partial charge in [-0.1, -0.05) is 19.3 Å². The maximum Gasteiger partial charge on any atom is 0.337 e. The minimum atomic E-state index is -0.971. The zero-order chi connectivity index (χ0) is 21.6. The van der Waals surface area contributed by atoms with E-state index in [1.54, 1.807) is 29.2 Å². The van der Waals surface area contributed by atoms with Crippen molar-refractivity contribution in [3.63, 3.8) is 0 Å². The molecule has 3 aromatic heterocycles. The van der Waals surface area contributed by atoms with Crippen LogP contribution in [0.5, 0.6) is 0 Å². The SMILES string of the molecule is N#Cc1cnc(Nc2cc(NCC3CCCCC3)c(-n3ccc(C(=O)O)c3)cn2)cn1. The first-order chi connectivity index (χ1) is 15.1. The zero-order valence-corrected chi connectivity index (χ0v) is 17.0. The molecule has 1 aliphatic rings. The van der Waals surface area contributed by atoms with Crippen molar-refractivity contribution in [1.29, 1.82) is 5.26 Å². The molecule has 0 amide bonds. The summed E-state index contributed by atoms with van der Waals surface area (Å²) in [4.78, 5) is 23.9. The Bertz CT molecular complexity index is 1100. The van der Waals surface area contributed by atoms with Gasteiger partial charge in [-0.15, -0.1) is 0 Å². The molecular weight excluding hydrogens is 394 g/mol. The second-order valence-electron chi connectivity index (χ2n) is 7.61. The Balaban J connectivity index is 1.59. The number of nitrogens with zero attached hydrogens (tertiary/aromatic N) is 5. The summed E-state index contributed by atoms with van der Waals surface area (Å²) in [5, 5.41) is 24.7. The summed E-state index contributed by atoms with van der Waals surface area (Å²) in [6, 6.07) is 5.37. The van der Waals surface area contributed by atoms with Crippen LogP contribution in [0.15, 0.2) is 43.1 Å². The van der Waals surface area contributed by atoms with E-state index in [4.69, 9.17) is 5.26 Å². The van der Waals surface area contributed by atoms with Crippen molar-refractivity contribution in [2.45, 2.75) is 32.1 Å². The van der Waals surface area contributed by atoms with Crippen LogP contribution < -0.4 is 10.6 Å². The van der Waals surface area contributed by atoms with Crippen molar-refractivity contribution in [2.24, 2.45) is 5.92 Å². The van der Waals surface area contributed by atoms with E-state index in [2.05, 4.69) is 25.6 Å². The monoisotopic (exact) mass is 417 g/mol. The molecule has 0 atom stereocenters. The van der Waals surface area contributed by atoms with Gasteiger partial charge in [0.25, 0.3) is 0 Å². The topological polar surface area (TPSA) is 129 Å². The number of nitriles is 1. The van der Waals surface area contributed by atoms with Crippen LogP contribution >= 0.6 is 0 Å². The van der Waals surface area contributed by atoms with Gasteiger partial charge in [-0.25, -0.2) is 19.7 Å². The van der Waals surface area contributed by atoms with E-state index in [1.807, 2.05) is 12.1 Å². The molecule has 0 bridgehead atoms. The van der Waals surface area contributed by atoms with Gasteiger partial charge in [-0.3, -0.25) is 0 Å². The first kappa shape index (κ1) is 20.3. The number of carboxylic acid groups (broad SMARTS) is 1. The molecule has 3 heterocycles. The summed E-state index contributed by atoms with van der Waals surface area (Å²) in [6.45, 7) is 0.847. The van der Waals surface area contributed by atoms with Crippen LogP contribution in [0.1, 0.15) is 48.2 Å². The van der Waals surface area contributed by atoms with Gasteiger partial charge in [-0.05, 0) is 24.8 Å². The zero-order valence-electron chi connectivity index (χ0n) is 17.0. The second-order valence-corrected chi connectivity index (χ2v) is 7.61. The van der Waals surface area contributed by atoms with E-state index in [-0.39, 0.29) is 11.3 Å². The normalized spacial score (nSPS) is 14.0. The highest BCUT2D eigenvalue weighted by atomic mass is 16.4. The molecule has 9 nitrogen and oxygen atoms in total. The largest absolute Gasteiger partial charge is 0.478 e. The summed E-state index contributed by atoms with van der Waals surface area (Å²) in [6.07, 6.45) is 14.1. The quantitative estimate of drug-likeness (QED) is 0.527. The number of aromatic carboxylic acids is 1. The maximum atomic E-state index is 11.3. The van der Waals surface area contributed by atoms with Gasteiger partial charge in [0.05, 0.1) is 35.5 Å². The molecule has 158 valence electrons. The van der Waals surface area contributed by atoms with Crippen LogP contribution in [-0.2, 0) is 0 Å². The Kier molecular flexibility index (Phi) is 6.08. The summed E-state index contributed by atoms with van der Waals surface area (Å²) >= 11 is 0. The summed E-state index contributed by atoms with van der Waals surface area (Å²) in [7, 11) is 0. The number of rotatable bonds is 7. The highest BCUT2D eigenvalue weighted by molar-refractivity contribution is 5.87. The fourth-order valence-corrected chi connectivity index (χ4v) is 3.76. The predicted molar refractivity (Wildman–Crippen MR) is 116 cm³/mol. The Labute approximate surface area is 179 Å². The predicted octanol–water partition coefficient (Wildman–Crippen LogP) is 3.97. The van der Waals surface area contributed by atoms with Crippen LogP contribution in [0.2, 0.25) is 0 Å². The number of nitrogens with one attached hydrogen (secondary N) is 2. The van der Waals surface area contributed by atoms with Crippen molar-refractivity contribution in [3.05, 3.63) is 54.4 Å². The molecule has 0 unspecified atom stereocenters. The van der Waals surface area contributed by atoms with Crippen LogP contribution in [0, 0.1) is 17.2 Å². The van der Waals surface area contributed by atoms with Crippen molar-refractivity contribution < 1.29 is 9.90 Å². The number of carbonyl (C=O) groups is 1. The molecule has 1 saturated carbocycles. The molecule has 0 saturated heterocycles. The lowest BCUT2D eigenvalue weighted by Gasteiger charge is -2.23. The minimum Gasteiger partial charge on any atom is -0.478 e. The Morgan fingerprint density at radius 2 is 1.97 bits per heavy atom. The Morgan fingerprint density at radius 1 is 1.16 bits per heavy atom. The molecule has 3 aromatic rings. The van der Waals surface area contributed by atoms with Gasteiger partial charge in [0, 0.05) is 25.0 Å². The smallest absolute Gasteiger partial charge is 0.337 e. The van der Waals surface area contributed by atoms with Gasteiger partial charge in [0.15, 0.2) is 5.69 Å². The fraction of sp³-hybridized carbons (Fsp3) is 0.318. The van der Waals surface area contributed by atoms with Crippen LogP contribution in [0.3, 0.4) is 0 Å². The molecule has 0 spiro atoms. The fourth-order valence-electron chi connectivity index (χ4n) is 3.76. The summed E-state index contributed by atoms with van der Waals surface area (Å²) in [5.41, 5.74) is 2.07. The summed E-state index contributed by atoms with van der Waals surface area (Å²) in [5.74, 6) is 0.696. The second kappa shape index (κ2) is 9.26. The average molecular weight is 417 g/mol. The van der Waals surface area contributed by atoms with E-state index in [1.165, 1.54) is 44.5 Å². The Hall–Kier alpha value is -3.93. The first-order valence-corrected chi connectivity index (χ1v) is 10.3. The third-order valence-electron chi connectivity index (χ3n) is 5.43. The molecule has 0 aromatic carbocycles. The number of hydrogen-bond acceptors (Lipinski definition) is 7. The molecule has 0 aliphatic heterocycles. The number of carboxylic acids is 1. The van der Waals surface area contributed by atoms with Gasteiger partial charge in [0.2, 0.25) is 0 Å². The van der Waals surface area contributed by atoms with Crippen molar-refractivity contribution in [1.82, 2.24) is 19.5 Å². The molecule has 9 heteroatoms. The van der Waals surface area contributed by atoms with Gasteiger partial charge in [0.1, 0.15) is 17.7 Å². The van der Waals surface area contributed by atoms with Crippen LogP contribution in [0.4, 0.5) is 17.3 Å². The first-order valence-electron chi connectivity index (χ1n) is 10.3. The van der Waals surface area contributed by atoms with Gasteiger partial charge in [-0.2, -0.15) is 5.26 Å². The molecule has 31 heavy (non-hydrogen) atoms. The third-order valence-corrected chi connectivity index (χ3v) is 5.43. The molecule has 0 radical (unpaired) electrons. The number of anilines is 3. The standard InChI is InChI=1S/C22H23N7O2/c23-9-17-11-26-21(13-24-17)28-20-8-18(25-10-15-4-2-1-3-5-15)19(12-27-20)29-7-6-16(14-29)22(30)31/h6-8,11-15H,1-5,10H2,(H,30,31)(H2,25,26,27,28). The van der Waals surface area contributed by atoms with E-state index >= 15 is 0 Å². The Morgan fingerprint density at radius 3 is 2.65 bits per heavy atom. The number of hydrogen-bond donors (Lipinski definition) is 3. The molecule has 1 fully saturated rings. The molecule has 1 aliphatic carbocycles. The molecule has 3 N–H and O–H groups in total. The summed E-state index contributed by atoms with van der Waals surface area (Å²) < 4.78 is 1.75. The van der Waals surface area contributed by atoms with Crippen LogP contribution in [0.25, 0.3) is 5.69 Å². The van der Waals surface area contributed by atoms with E-state index in [0.29, 0.717) is 17.6 Å². The van der Waals surface area contributed by atoms with Crippen molar-refractivity contribution >= 4 is 23.3 Å². The van der Waals surface area contributed by atoms with Gasteiger partial charge < -0.3 is 20.3 Å². The third kappa shape index (κ3) is 4.98. The lowest BCUT2D eigenvalue weighted by atomic mass is 9.89. The number of aromatic nitrogens is 4.